The summed E-state index contributed by atoms with van der Waals surface area (Å²) >= 11 is 4.13. The number of thiol groups is 1. The lowest BCUT2D eigenvalue weighted by Gasteiger charge is -2.29. The minimum Gasteiger partial charge on any atom is -0.480 e. The van der Waals surface area contributed by atoms with E-state index >= 15 is 0 Å². The van der Waals surface area contributed by atoms with Crippen molar-refractivity contribution in [2.24, 2.45) is 11.7 Å². The normalized spacial score (nSPS) is 20.2. The second-order valence-electron chi connectivity index (χ2n) is 6.46. The van der Waals surface area contributed by atoms with E-state index in [2.05, 4.69) is 23.3 Å². The van der Waals surface area contributed by atoms with Gasteiger partial charge in [0.15, 0.2) is 0 Å². The molecule has 1 fully saturated rings. The van der Waals surface area contributed by atoms with E-state index in [-0.39, 0.29) is 11.7 Å². The summed E-state index contributed by atoms with van der Waals surface area (Å²) in [5, 5.41) is 13.6. The van der Waals surface area contributed by atoms with Crippen LogP contribution in [0.3, 0.4) is 0 Å². The van der Waals surface area contributed by atoms with E-state index in [4.69, 9.17) is 10.8 Å². The van der Waals surface area contributed by atoms with Crippen LogP contribution in [0.2, 0.25) is 0 Å². The highest BCUT2D eigenvalue weighted by molar-refractivity contribution is 7.80. The summed E-state index contributed by atoms with van der Waals surface area (Å²) in [5.41, 5.74) is 5.89. The van der Waals surface area contributed by atoms with E-state index in [1.165, 1.54) is 4.90 Å². The maximum absolute atomic E-state index is 12.8. The lowest BCUT2D eigenvalue weighted by atomic mass is 9.99. The van der Waals surface area contributed by atoms with Gasteiger partial charge < -0.3 is 26.4 Å². The van der Waals surface area contributed by atoms with Crippen LogP contribution in [-0.4, -0.2) is 70.7 Å². The first kappa shape index (κ1) is 22.2. The first-order chi connectivity index (χ1) is 12.2. The Labute approximate surface area is 158 Å². The van der Waals surface area contributed by atoms with Crippen LogP contribution in [-0.2, 0) is 19.2 Å². The number of nitrogens with two attached hydrogens (primary N) is 1. The van der Waals surface area contributed by atoms with Crippen LogP contribution in [0, 0.1) is 5.92 Å². The Morgan fingerprint density at radius 2 is 2.00 bits per heavy atom. The SMILES string of the molecule is CCC(C)C(N)C(=O)NC(CS)C(=O)N1CCCC1C(=O)NCC(=O)O. The number of rotatable bonds is 9. The Bertz CT molecular complexity index is 545. The lowest BCUT2D eigenvalue weighted by Crippen LogP contribution is -2.57. The highest BCUT2D eigenvalue weighted by Gasteiger charge is 2.37. The average molecular weight is 388 g/mol. The summed E-state index contributed by atoms with van der Waals surface area (Å²) in [5.74, 6) is -2.49. The van der Waals surface area contributed by atoms with Crippen LogP contribution in [0.1, 0.15) is 33.1 Å². The van der Waals surface area contributed by atoms with Crippen molar-refractivity contribution in [3.05, 3.63) is 0 Å². The summed E-state index contributed by atoms with van der Waals surface area (Å²) in [4.78, 5) is 49.1. The second-order valence-corrected chi connectivity index (χ2v) is 6.82. The number of hydrogen-bond donors (Lipinski definition) is 5. The molecule has 0 spiro atoms. The monoisotopic (exact) mass is 388 g/mol. The van der Waals surface area contributed by atoms with Crippen molar-refractivity contribution in [1.29, 1.82) is 0 Å². The van der Waals surface area contributed by atoms with E-state index in [1.807, 2.05) is 13.8 Å². The first-order valence-electron chi connectivity index (χ1n) is 8.69. The molecule has 4 unspecified atom stereocenters. The van der Waals surface area contributed by atoms with Gasteiger partial charge in [-0.25, -0.2) is 0 Å². The van der Waals surface area contributed by atoms with Gasteiger partial charge >= 0.3 is 5.97 Å². The molecule has 0 radical (unpaired) electrons. The molecule has 26 heavy (non-hydrogen) atoms. The van der Waals surface area contributed by atoms with Crippen molar-refractivity contribution in [2.45, 2.75) is 51.2 Å². The third kappa shape index (κ3) is 5.87. The van der Waals surface area contributed by atoms with Crippen LogP contribution < -0.4 is 16.4 Å². The maximum atomic E-state index is 12.8. The number of aliphatic carboxylic acids is 1. The number of carboxylic acid groups (broad SMARTS) is 1. The summed E-state index contributed by atoms with van der Waals surface area (Å²) in [6.07, 6.45) is 1.79. The largest absolute Gasteiger partial charge is 0.480 e. The predicted molar refractivity (Wildman–Crippen MR) is 98.6 cm³/mol. The van der Waals surface area contributed by atoms with Crippen molar-refractivity contribution in [1.82, 2.24) is 15.5 Å². The van der Waals surface area contributed by atoms with E-state index in [9.17, 15) is 19.2 Å². The number of carbonyl (C=O) groups excluding carboxylic acids is 3. The molecule has 1 aliphatic heterocycles. The Balaban J connectivity index is 2.75. The maximum Gasteiger partial charge on any atom is 0.322 e. The third-order valence-electron chi connectivity index (χ3n) is 4.61. The molecule has 0 saturated carbocycles. The topological polar surface area (TPSA) is 142 Å². The molecule has 0 aromatic heterocycles. The molecule has 0 aromatic rings. The molecule has 1 heterocycles. The number of likely N-dealkylation sites (tertiary alicyclic amines) is 1. The number of hydrogen-bond acceptors (Lipinski definition) is 6. The van der Waals surface area contributed by atoms with Gasteiger partial charge in [0, 0.05) is 12.3 Å². The second kappa shape index (κ2) is 10.4. The van der Waals surface area contributed by atoms with Crippen LogP contribution in [0.4, 0.5) is 0 Å². The zero-order chi connectivity index (χ0) is 19.9. The van der Waals surface area contributed by atoms with Crippen molar-refractivity contribution < 1.29 is 24.3 Å². The van der Waals surface area contributed by atoms with E-state index in [1.54, 1.807) is 0 Å². The van der Waals surface area contributed by atoms with E-state index in [0.29, 0.717) is 19.4 Å². The average Bonchev–Trinajstić information content (AvgIpc) is 3.11. The smallest absolute Gasteiger partial charge is 0.322 e. The molecule has 0 aliphatic carbocycles. The number of amides is 3. The molecule has 1 saturated heterocycles. The number of carboxylic acids is 1. The molecule has 148 valence electrons. The standard InChI is InChI=1S/C16H28N4O5S/c1-3-9(2)13(17)15(24)19-10(8-26)16(25)20-6-4-5-11(20)14(23)18-7-12(21)22/h9-11,13,26H,3-8,17H2,1-2H3,(H,18,23)(H,19,24)(H,21,22). The number of nitrogens with zero attached hydrogens (tertiary/aromatic N) is 1. The molecule has 9 nitrogen and oxygen atoms in total. The van der Waals surface area contributed by atoms with Gasteiger partial charge in [0.05, 0.1) is 6.04 Å². The van der Waals surface area contributed by atoms with Crippen LogP contribution in [0.25, 0.3) is 0 Å². The Morgan fingerprint density at radius 1 is 1.35 bits per heavy atom. The minimum atomic E-state index is -1.16. The van der Waals surface area contributed by atoms with Gasteiger partial charge in [0.1, 0.15) is 18.6 Å². The summed E-state index contributed by atoms with van der Waals surface area (Å²) in [6, 6.07) is -2.37. The summed E-state index contributed by atoms with van der Waals surface area (Å²) in [7, 11) is 0. The lowest BCUT2D eigenvalue weighted by molar-refractivity contribution is -0.142. The Hall–Kier alpha value is -1.81. The van der Waals surface area contributed by atoms with Gasteiger partial charge in [-0.05, 0) is 18.8 Å². The van der Waals surface area contributed by atoms with Crippen LogP contribution in [0.15, 0.2) is 0 Å². The predicted octanol–water partition coefficient (Wildman–Crippen LogP) is -1.03. The van der Waals surface area contributed by atoms with Gasteiger partial charge in [0.2, 0.25) is 17.7 Å². The molecule has 5 N–H and O–H groups in total. The molecular weight excluding hydrogens is 360 g/mol. The molecule has 1 aliphatic rings. The fourth-order valence-corrected chi connectivity index (χ4v) is 3.00. The molecule has 1 rings (SSSR count). The van der Waals surface area contributed by atoms with Crippen molar-refractivity contribution in [2.75, 3.05) is 18.8 Å². The molecular formula is C16H28N4O5S. The number of carbonyl (C=O) groups is 4. The molecule has 0 aromatic carbocycles. The van der Waals surface area contributed by atoms with E-state index in [0.717, 1.165) is 6.42 Å². The zero-order valence-corrected chi connectivity index (χ0v) is 16.0. The van der Waals surface area contributed by atoms with Crippen LogP contribution in [0.5, 0.6) is 0 Å². The third-order valence-corrected chi connectivity index (χ3v) is 4.97. The first-order valence-corrected chi connectivity index (χ1v) is 9.32. The number of nitrogens with one attached hydrogen (secondary N) is 2. The zero-order valence-electron chi connectivity index (χ0n) is 15.1. The Morgan fingerprint density at radius 3 is 2.54 bits per heavy atom. The Kier molecular flexibility index (Phi) is 8.86. The van der Waals surface area contributed by atoms with Crippen molar-refractivity contribution in [3.63, 3.8) is 0 Å². The van der Waals surface area contributed by atoms with Gasteiger partial charge in [-0.1, -0.05) is 20.3 Å². The molecule has 10 heteroatoms. The van der Waals surface area contributed by atoms with Gasteiger partial charge in [-0.3, -0.25) is 19.2 Å². The molecule has 3 amide bonds. The summed E-state index contributed by atoms with van der Waals surface area (Å²) < 4.78 is 0. The van der Waals surface area contributed by atoms with Gasteiger partial charge in [-0.2, -0.15) is 12.6 Å². The van der Waals surface area contributed by atoms with E-state index < -0.39 is 48.4 Å². The van der Waals surface area contributed by atoms with Crippen molar-refractivity contribution >= 4 is 36.3 Å². The molecule has 4 atom stereocenters. The quantitative estimate of drug-likeness (QED) is 0.320. The van der Waals surface area contributed by atoms with Crippen LogP contribution >= 0.6 is 12.6 Å². The minimum absolute atomic E-state index is 0.0352. The molecule has 0 bridgehead atoms. The fraction of sp³-hybridized carbons (Fsp3) is 0.750. The van der Waals surface area contributed by atoms with Crippen molar-refractivity contribution in [3.8, 4) is 0 Å². The highest BCUT2D eigenvalue weighted by Crippen LogP contribution is 2.19. The highest BCUT2D eigenvalue weighted by atomic mass is 32.1. The van der Waals surface area contributed by atoms with Gasteiger partial charge in [-0.15, -0.1) is 0 Å². The summed E-state index contributed by atoms with van der Waals surface area (Å²) in [6.45, 7) is 3.63. The van der Waals surface area contributed by atoms with Gasteiger partial charge in [0.25, 0.3) is 0 Å². The fourth-order valence-electron chi connectivity index (χ4n) is 2.75.